The monoisotopic (exact) mass is 459 g/mol. The van der Waals surface area contributed by atoms with Gasteiger partial charge in [0.25, 0.3) is 5.56 Å². The Morgan fingerprint density at radius 3 is 2.59 bits per heavy atom. The van der Waals surface area contributed by atoms with Crippen LogP contribution in [0.4, 0.5) is 0 Å². The minimum atomic E-state index is -0.191. The second kappa shape index (κ2) is 8.57. The Balaban J connectivity index is 1.40. The highest BCUT2D eigenvalue weighted by Gasteiger charge is 2.12. The maximum absolute atomic E-state index is 12.8. The summed E-state index contributed by atoms with van der Waals surface area (Å²) in [6, 6.07) is 23.1. The summed E-state index contributed by atoms with van der Waals surface area (Å²) in [5, 5.41) is 5.02. The molecular formula is C25H18ClN3O2S. The van der Waals surface area contributed by atoms with Gasteiger partial charge in [0.2, 0.25) is 4.96 Å². The lowest BCUT2D eigenvalue weighted by molar-refractivity contribution is 0.306. The van der Waals surface area contributed by atoms with Crippen LogP contribution in [0.25, 0.3) is 22.4 Å². The van der Waals surface area contributed by atoms with Gasteiger partial charge in [-0.3, -0.25) is 4.79 Å². The molecule has 2 aromatic heterocycles. The van der Waals surface area contributed by atoms with E-state index in [4.69, 9.17) is 16.3 Å². The number of ether oxygens (including phenoxy) is 1. The van der Waals surface area contributed by atoms with E-state index < -0.39 is 0 Å². The summed E-state index contributed by atoms with van der Waals surface area (Å²) in [6.45, 7) is 2.55. The van der Waals surface area contributed by atoms with Crippen molar-refractivity contribution in [3.63, 3.8) is 0 Å². The minimum Gasteiger partial charge on any atom is -0.489 e. The standard InChI is InChI=1S/C25H18ClN3O2S/c1-16-5-7-17(8-6-16)15-31-21-4-2-3-18(13-21)14-22-24(30)29-25(32-22)27-23(28-29)19-9-11-20(26)12-10-19/h2-14H,15H2,1H3/b22-14+. The van der Waals surface area contributed by atoms with Crippen molar-refractivity contribution in [2.75, 3.05) is 0 Å². The zero-order valence-corrected chi connectivity index (χ0v) is 18.7. The molecule has 0 atom stereocenters. The fraction of sp³-hybridized carbons (Fsp3) is 0.0800. The maximum Gasteiger partial charge on any atom is 0.291 e. The number of aromatic nitrogens is 3. The van der Waals surface area contributed by atoms with Crippen molar-refractivity contribution in [3.8, 4) is 17.1 Å². The molecule has 32 heavy (non-hydrogen) atoms. The molecule has 0 fully saturated rings. The molecular weight excluding hydrogens is 442 g/mol. The fourth-order valence-electron chi connectivity index (χ4n) is 3.25. The number of halogens is 1. The molecule has 0 aliphatic rings. The summed E-state index contributed by atoms with van der Waals surface area (Å²) in [7, 11) is 0. The van der Waals surface area contributed by atoms with Crippen LogP contribution in [0.15, 0.2) is 77.6 Å². The molecule has 7 heteroatoms. The SMILES string of the molecule is Cc1ccc(COc2cccc(/C=c3/sc4nc(-c5ccc(Cl)cc5)nn4c3=O)c2)cc1. The number of fused-ring (bicyclic) bond motifs is 1. The molecule has 0 aliphatic carbocycles. The molecule has 5 rings (SSSR count). The van der Waals surface area contributed by atoms with Gasteiger partial charge in [-0.15, -0.1) is 5.10 Å². The van der Waals surface area contributed by atoms with Crippen LogP contribution in [0.3, 0.4) is 0 Å². The first-order valence-electron chi connectivity index (χ1n) is 10.0. The Hall–Kier alpha value is -3.48. The molecule has 0 radical (unpaired) electrons. The van der Waals surface area contributed by atoms with Gasteiger partial charge < -0.3 is 4.74 Å². The maximum atomic E-state index is 12.8. The Kier molecular flexibility index (Phi) is 5.47. The third kappa shape index (κ3) is 4.28. The number of thiazole rings is 1. The Labute approximate surface area is 193 Å². The molecule has 5 aromatic rings. The van der Waals surface area contributed by atoms with Crippen molar-refractivity contribution in [2.45, 2.75) is 13.5 Å². The van der Waals surface area contributed by atoms with Crippen LogP contribution in [0, 0.1) is 6.92 Å². The van der Waals surface area contributed by atoms with E-state index in [1.54, 1.807) is 12.1 Å². The predicted octanol–water partition coefficient (Wildman–Crippen LogP) is 4.91. The van der Waals surface area contributed by atoms with Gasteiger partial charge in [0.05, 0.1) is 4.53 Å². The molecule has 0 saturated heterocycles. The number of nitrogens with zero attached hydrogens (tertiary/aromatic N) is 3. The third-order valence-corrected chi connectivity index (χ3v) is 6.18. The van der Waals surface area contributed by atoms with E-state index in [9.17, 15) is 4.79 Å². The second-order valence-electron chi connectivity index (χ2n) is 7.40. The lowest BCUT2D eigenvalue weighted by Crippen LogP contribution is -2.23. The Morgan fingerprint density at radius 1 is 1.06 bits per heavy atom. The number of hydrogen-bond donors (Lipinski definition) is 0. The van der Waals surface area contributed by atoms with Crippen LogP contribution < -0.4 is 14.8 Å². The van der Waals surface area contributed by atoms with Gasteiger partial charge in [-0.2, -0.15) is 9.50 Å². The van der Waals surface area contributed by atoms with E-state index in [0.717, 1.165) is 22.4 Å². The topological polar surface area (TPSA) is 56.5 Å². The van der Waals surface area contributed by atoms with Crippen molar-refractivity contribution in [2.24, 2.45) is 0 Å². The van der Waals surface area contributed by atoms with Gasteiger partial charge in [0, 0.05) is 10.6 Å². The second-order valence-corrected chi connectivity index (χ2v) is 8.84. The van der Waals surface area contributed by atoms with Gasteiger partial charge >= 0.3 is 0 Å². The molecule has 158 valence electrons. The molecule has 0 aliphatic heterocycles. The number of benzene rings is 3. The molecule has 0 saturated carbocycles. The van der Waals surface area contributed by atoms with Gasteiger partial charge in [-0.05, 0) is 60.5 Å². The van der Waals surface area contributed by atoms with Crippen LogP contribution in [0.2, 0.25) is 5.02 Å². The quantitative estimate of drug-likeness (QED) is 0.375. The Morgan fingerprint density at radius 2 is 1.84 bits per heavy atom. The van der Waals surface area contributed by atoms with Crippen LogP contribution in [0.1, 0.15) is 16.7 Å². The molecule has 0 bridgehead atoms. The van der Waals surface area contributed by atoms with E-state index in [2.05, 4.69) is 41.3 Å². The normalized spacial score (nSPS) is 11.9. The molecule has 2 heterocycles. The van der Waals surface area contributed by atoms with Crippen LogP contribution in [0.5, 0.6) is 5.75 Å². The first kappa shape index (κ1) is 20.4. The van der Waals surface area contributed by atoms with E-state index in [1.165, 1.54) is 21.4 Å². The highest BCUT2D eigenvalue weighted by atomic mass is 35.5. The highest BCUT2D eigenvalue weighted by molar-refractivity contribution is 7.15. The summed E-state index contributed by atoms with van der Waals surface area (Å²) in [6.07, 6.45) is 1.84. The number of aryl methyl sites for hydroxylation is 1. The minimum absolute atomic E-state index is 0.191. The molecule has 0 spiro atoms. The average Bonchev–Trinajstić information content (AvgIpc) is 3.34. The Bertz CT molecular complexity index is 1510. The van der Waals surface area contributed by atoms with Crippen LogP contribution in [-0.4, -0.2) is 14.6 Å². The average molecular weight is 460 g/mol. The van der Waals surface area contributed by atoms with Crippen LogP contribution in [-0.2, 0) is 6.61 Å². The van der Waals surface area contributed by atoms with Crippen molar-refractivity contribution >= 4 is 34.0 Å². The van der Waals surface area contributed by atoms with Gasteiger partial charge in [0.1, 0.15) is 12.4 Å². The van der Waals surface area contributed by atoms with E-state index in [0.29, 0.717) is 26.9 Å². The lowest BCUT2D eigenvalue weighted by Gasteiger charge is -2.07. The first-order chi connectivity index (χ1) is 15.5. The fourth-order valence-corrected chi connectivity index (χ4v) is 4.29. The van der Waals surface area contributed by atoms with Gasteiger partial charge in [-0.25, -0.2) is 0 Å². The van der Waals surface area contributed by atoms with Crippen LogP contribution >= 0.6 is 22.9 Å². The molecule has 0 N–H and O–H groups in total. The highest BCUT2D eigenvalue weighted by Crippen LogP contribution is 2.20. The van der Waals surface area contributed by atoms with Crippen molar-refractivity contribution in [1.82, 2.24) is 14.6 Å². The first-order valence-corrected chi connectivity index (χ1v) is 11.2. The number of rotatable bonds is 5. The smallest absolute Gasteiger partial charge is 0.291 e. The summed E-state index contributed by atoms with van der Waals surface area (Å²) >= 11 is 7.25. The molecule has 3 aromatic carbocycles. The summed E-state index contributed by atoms with van der Waals surface area (Å²) in [4.78, 5) is 17.9. The van der Waals surface area contributed by atoms with E-state index >= 15 is 0 Å². The molecule has 0 amide bonds. The van der Waals surface area contributed by atoms with E-state index in [-0.39, 0.29) is 5.56 Å². The lowest BCUT2D eigenvalue weighted by atomic mass is 10.1. The van der Waals surface area contributed by atoms with E-state index in [1.807, 2.05) is 42.5 Å². The van der Waals surface area contributed by atoms with Crippen molar-refractivity contribution < 1.29 is 4.74 Å². The molecule has 0 unspecified atom stereocenters. The van der Waals surface area contributed by atoms with Crippen molar-refractivity contribution in [3.05, 3.63) is 109 Å². The zero-order valence-electron chi connectivity index (χ0n) is 17.2. The zero-order chi connectivity index (χ0) is 22.1. The summed E-state index contributed by atoms with van der Waals surface area (Å²) < 4.78 is 7.84. The third-order valence-electron chi connectivity index (χ3n) is 4.97. The largest absolute Gasteiger partial charge is 0.489 e. The summed E-state index contributed by atoms with van der Waals surface area (Å²) in [5.41, 5.74) is 3.83. The molecule has 5 nitrogen and oxygen atoms in total. The van der Waals surface area contributed by atoms with Crippen molar-refractivity contribution in [1.29, 1.82) is 0 Å². The predicted molar refractivity (Wildman–Crippen MR) is 128 cm³/mol. The summed E-state index contributed by atoms with van der Waals surface area (Å²) in [5.74, 6) is 1.25. The number of hydrogen-bond acceptors (Lipinski definition) is 5. The van der Waals surface area contributed by atoms with Gasteiger partial charge in [0.15, 0.2) is 5.82 Å². The van der Waals surface area contributed by atoms with Gasteiger partial charge in [-0.1, -0.05) is 64.9 Å².